The average molecular weight is 313 g/mol. The lowest BCUT2D eigenvalue weighted by molar-refractivity contribution is -0.138. The predicted molar refractivity (Wildman–Crippen MR) is 76.7 cm³/mol. The number of carbonyl (C=O) groups is 1. The van der Waals surface area contributed by atoms with Crippen LogP contribution in [0.15, 0.2) is 35.5 Å². The Morgan fingerprint density at radius 2 is 2.05 bits per heavy atom. The van der Waals surface area contributed by atoms with Crippen LogP contribution in [0.4, 0.5) is 13.2 Å². The third kappa shape index (κ3) is 3.59. The van der Waals surface area contributed by atoms with Gasteiger partial charge in [-0.3, -0.25) is 4.79 Å². The van der Waals surface area contributed by atoms with Gasteiger partial charge in [-0.05, 0) is 18.6 Å². The molecule has 0 spiro atoms. The van der Waals surface area contributed by atoms with E-state index in [1.165, 1.54) is 12.1 Å². The van der Waals surface area contributed by atoms with Crippen molar-refractivity contribution in [2.75, 3.05) is 13.1 Å². The molecule has 120 valence electrons. The van der Waals surface area contributed by atoms with Gasteiger partial charge in [-0.15, -0.1) is 0 Å². The molecule has 0 bridgehead atoms. The zero-order valence-electron chi connectivity index (χ0n) is 12.1. The average Bonchev–Trinajstić information content (AvgIpc) is 2.46. The summed E-state index contributed by atoms with van der Waals surface area (Å²) in [5, 5.41) is 6.03. The summed E-state index contributed by atoms with van der Waals surface area (Å²) in [6.45, 7) is 2.61. The summed E-state index contributed by atoms with van der Waals surface area (Å²) in [5.74, 6) is -0.564. The summed E-state index contributed by atoms with van der Waals surface area (Å²) in [7, 11) is 0. The Morgan fingerprint density at radius 1 is 1.36 bits per heavy atom. The molecule has 0 radical (unpaired) electrons. The van der Waals surface area contributed by atoms with Crippen molar-refractivity contribution in [2.24, 2.45) is 5.73 Å². The van der Waals surface area contributed by atoms with E-state index in [1.807, 2.05) is 0 Å². The fraction of sp³-hybridized carbons (Fsp3) is 0.400. The van der Waals surface area contributed by atoms with Crippen LogP contribution < -0.4 is 16.4 Å². The van der Waals surface area contributed by atoms with Crippen molar-refractivity contribution >= 4 is 5.91 Å². The zero-order chi connectivity index (χ0) is 16.3. The van der Waals surface area contributed by atoms with Gasteiger partial charge < -0.3 is 16.4 Å². The number of primary amides is 1. The lowest BCUT2D eigenvalue weighted by Gasteiger charge is -2.26. The van der Waals surface area contributed by atoms with Gasteiger partial charge >= 0.3 is 6.18 Å². The van der Waals surface area contributed by atoms with Crippen molar-refractivity contribution < 1.29 is 18.0 Å². The molecule has 2 rings (SSSR count). The van der Waals surface area contributed by atoms with E-state index in [4.69, 9.17) is 5.73 Å². The SMILES string of the molecule is CC(NC1=C(C(N)=O)CNCC1)c1ccccc1C(F)(F)F. The molecule has 0 aliphatic carbocycles. The van der Waals surface area contributed by atoms with Crippen LogP contribution in [0.3, 0.4) is 0 Å². The lowest BCUT2D eigenvalue weighted by atomic mass is 9.99. The van der Waals surface area contributed by atoms with Crippen LogP contribution >= 0.6 is 0 Å². The fourth-order valence-electron chi connectivity index (χ4n) is 2.55. The molecular weight excluding hydrogens is 295 g/mol. The molecule has 4 N–H and O–H groups in total. The standard InChI is InChI=1S/C15H18F3N3O/c1-9(10-4-2-3-5-12(10)15(16,17)18)21-13-6-7-20-8-11(13)14(19)22/h2-5,9,20-21H,6-8H2,1H3,(H2,19,22). The number of nitrogens with two attached hydrogens (primary N) is 1. The highest BCUT2D eigenvalue weighted by Crippen LogP contribution is 2.34. The van der Waals surface area contributed by atoms with Crippen LogP contribution in [0.2, 0.25) is 0 Å². The van der Waals surface area contributed by atoms with Crippen molar-refractivity contribution in [3.63, 3.8) is 0 Å². The van der Waals surface area contributed by atoms with Gasteiger partial charge in [0, 0.05) is 36.8 Å². The molecule has 0 saturated heterocycles. The first-order valence-corrected chi connectivity index (χ1v) is 6.96. The molecule has 1 atom stereocenters. The van der Waals surface area contributed by atoms with E-state index in [-0.39, 0.29) is 5.56 Å². The van der Waals surface area contributed by atoms with Gasteiger partial charge in [-0.2, -0.15) is 13.2 Å². The maximum Gasteiger partial charge on any atom is 0.416 e. The van der Waals surface area contributed by atoms with Crippen LogP contribution in [0.5, 0.6) is 0 Å². The van der Waals surface area contributed by atoms with E-state index < -0.39 is 23.7 Å². The molecule has 0 fully saturated rings. The summed E-state index contributed by atoms with van der Waals surface area (Å²) in [4.78, 5) is 11.4. The van der Waals surface area contributed by atoms with E-state index in [0.717, 1.165) is 6.07 Å². The van der Waals surface area contributed by atoms with Crippen LogP contribution in [0.25, 0.3) is 0 Å². The Balaban J connectivity index is 2.30. The monoisotopic (exact) mass is 313 g/mol. The van der Waals surface area contributed by atoms with E-state index >= 15 is 0 Å². The summed E-state index contributed by atoms with van der Waals surface area (Å²) in [5.41, 5.74) is 5.78. The summed E-state index contributed by atoms with van der Waals surface area (Å²) < 4.78 is 39.2. The topological polar surface area (TPSA) is 67.1 Å². The number of alkyl halides is 3. The number of nitrogens with one attached hydrogen (secondary N) is 2. The highest BCUT2D eigenvalue weighted by molar-refractivity contribution is 5.93. The number of hydrogen-bond acceptors (Lipinski definition) is 3. The Hall–Kier alpha value is -2.02. The van der Waals surface area contributed by atoms with Crippen molar-refractivity contribution in [3.8, 4) is 0 Å². The lowest BCUT2D eigenvalue weighted by Crippen LogP contribution is -2.36. The third-order valence-corrected chi connectivity index (χ3v) is 3.64. The van der Waals surface area contributed by atoms with Crippen LogP contribution in [0, 0.1) is 0 Å². The zero-order valence-corrected chi connectivity index (χ0v) is 12.1. The van der Waals surface area contributed by atoms with Crippen molar-refractivity contribution in [3.05, 3.63) is 46.7 Å². The van der Waals surface area contributed by atoms with Crippen molar-refractivity contribution in [2.45, 2.75) is 25.6 Å². The minimum Gasteiger partial charge on any atom is -0.381 e. The molecule has 1 aliphatic rings. The van der Waals surface area contributed by atoms with E-state index in [1.54, 1.807) is 13.0 Å². The van der Waals surface area contributed by atoms with Gasteiger partial charge in [0.15, 0.2) is 0 Å². The number of benzene rings is 1. The maximum absolute atomic E-state index is 13.1. The van der Waals surface area contributed by atoms with E-state index in [9.17, 15) is 18.0 Å². The van der Waals surface area contributed by atoms with Gasteiger partial charge in [-0.1, -0.05) is 18.2 Å². The second-order valence-electron chi connectivity index (χ2n) is 5.20. The van der Waals surface area contributed by atoms with Crippen molar-refractivity contribution in [1.29, 1.82) is 0 Å². The molecule has 1 aliphatic heterocycles. The molecular formula is C15H18F3N3O. The number of rotatable bonds is 4. The normalized spacial score (nSPS) is 17.3. The van der Waals surface area contributed by atoms with Gasteiger partial charge in [0.25, 0.3) is 0 Å². The number of halogens is 3. The third-order valence-electron chi connectivity index (χ3n) is 3.64. The molecule has 7 heteroatoms. The first-order valence-electron chi connectivity index (χ1n) is 6.96. The Morgan fingerprint density at radius 3 is 2.68 bits per heavy atom. The maximum atomic E-state index is 13.1. The second kappa shape index (κ2) is 6.39. The molecule has 22 heavy (non-hydrogen) atoms. The molecule has 1 aromatic carbocycles. The largest absolute Gasteiger partial charge is 0.416 e. The fourth-order valence-corrected chi connectivity index (χ4v) is 2.55. The number of amides is 1. The quantitative estimate of drug-likeness (QED) is 0.797. The number of carbonyl (C=O) groups excluding carboxylic acids is 1. The predicted octanol–water partition coefficient (Wildman–Crippen LogP) is 2.09. The molecule has 4 nitrogen and oxygen atoms in total. The molecule has 0 aromatic heterocycles. The Labute approximate surface area is 126 Å². The minimum atomic E-state index is -4.42. The smallest absolute Gasteiger partial charge is 0.381 e. The van der Waals surface area contributed by atoms with Crippen LogP contribution in [-0.2, 0) is 11.0 Å². The van der Waals surface area contributed by atoms with Gasteiger partial charge in [0.1, 0.15) is 0 Å². The minimum absolute atomic E-state index is 0.143. The Kier molecular flexibility index (Phi) is 4.75. The van der Waals surface area contributed by atoms with E-state index in [0.29, 0.717) is 30.8 Å². The van der Waals surface area contributed by atoms with E-state index in [2.05, 4.69) is 10.6 Å². The first-order chi connectivity index (χ1) is 10.3. The first kappa shape index (κ1) is 16.4. The second-order valence-corrected chi connectivity index (χ2v) is 5.20. The molecule has 1 heterocycles. The van der Waals surface area contributed by atoms with Crippen LogP contribution in [-0.4, -0.2) is 19.0 Å². The van der Waals surface area contributed by atoms with Crippen molar-refractivity contribution in [1.82, 2.24) is 10.6 Å². The highest BCUT2D eigenvalue weighted by Gasteiger charge is 2.34. The van der Waals surface area contributed by atoms with Gasteiger partial charge in [-0.25, -0.2) is 0 Å². The summed E-state index contributed by atoms with van der Waals surface area (Å²) in [6.07, 6.45) is -3.89. The highest BCUT2D eigenvalue weighted by atomic mass is 19.4. The van der Waals surface area contributed by atoms with Gasteiger partial charge in [0.05, 0.1) is 5.56 Å². The molecule has 1 aromatic rings. The molecule has 0 saturated carbocycles. The molecule has 1 unspecified atom stereocenters. The number of hydrogen-bond donors (Lipinski definition) is 3. The van der Waals surface area contributed by atoms with Crippen LogP contribution in [0.1, 0.15) is 30.5 Å². The molecule has 1 amide bonds. The summed E-state index contributed by atoms with van der Waals surface area (Å²) >= 11 is 0. The van der Waals surface area contributed by atoms with Gasteiger partial charge in [0.2, 0.25) is 5.91 Å². The summed E-state index contributed by atoms with van der Waals surface area (Å²) in [6, 6.07) is 4.83. The Bertz CT molecular complexity index is 596.